The largest absolute Gasteiger partial charge is 0.478 e. The van der Waals surface area contributed by atoms with E-state index in [1.807, 2.05) is 0 Å². The molecule has 0 unspecified atom stereocenters. The zero-order valence-corrected chi connectivity index (χ0v) is 11.0. The molecule has 2 aromatic rings. The summed E-state index contributed by atoms with van der Waals surface area (Å²) in [5.74, 6) is -1.74. The van der Waals surface area contributed by atoms with E-state index in [0.29, 0.717) is 5.82 Å². The van der Waals surface area contributed by atoms with E-state index in [2.05, 4.69) is 20.8 Å². The van der Waals surface area contributed by atoms with Crippen LogP contribution in [0.4, 0.5) is 14.9 Å². The topological polar surface area (TPSA) is 109 Å². The number of carboxylic acid groups (broad SMARTS) is 1. The van der Waals surface area contributed by atoms with E-state index in [9.17, 15) is 14.0 Å². The number of urea groups is 1. The van der Waals surface area contributed by atoms with Crippen LogP contribution in [-0.4, -0.2) is 31.9 Å². The predicted octanol–water partition coefficient (Wildman–Crippen LogP) is 0.974. The number of hydrogen-bond acceptors (Lipinski definition) is 4. The Morgan fingerprint density at radius 1 is 1.43 bits per heavy atom. The molecule has 0 aliphatic carbocycles. The van der Waals surface area contributed by atoms with Crippen LogP contribution in [0, 0.1) is 5.82 Å². The van der Waals surface area contributed by atoms with Gasteiger partial charge in [-0.05, 0) is 18.2 Å². The number of carbonyl (C=O) groups excluding carboxylic acids is 1. The van der Waals surface area contributed by atoms with Crippen molar-refractivity contribution in [2.75, 3.05) is 5.32 Å². The Balaban J connectivity index is 1.95. The Hall–Kier alpha value is -2.97. The van der Waals surface area contributed by atoms with Gasteiger partial charge in [-0.2, -0.15) is 0 Å². The Kier molecular flexibility index (Phi) is 4.12. The van der Waals surface area contributed by atoms with Crippen molar-refractivity contribution < 1.29 is 19.1 Å². The molecule has 2 rings (SSSR count). The van der Waals surface area contributed by atoms with Gasteiger partial charge in [-0.1, -0.05) is 0 Å². The van der Waals surface area contributed by atoms with E-state index >= 15 is 0 Å². The van der Waals surface area contributed by atoms with E-state index < -0.39 is 23.4 Å². The van der Waals surface area contributed by atoms with Crippen molar-refractivity contribution in [2.45, 2.75) is 6.54 Å². The molecule has 110 valence electrons. The van der Waals surface area contributed by atoms with E-state index in [1.54, 1.807) is 11.6 Å². The minimum atomic E-state index is -1.37. The molecular weight excluding hydrogens is 281 g/mol. The average molecular weight is 293 g/mol. The summed E-state index contributed by atoms with van der Waals surface area (Å²) in [6.07, 6.45) is 1.49. The molecule has 9 heteroatoms. The van der Waals surface area contributed by atoms with Gasteiger partial charge in [0.1, 0.15) is 12.1 Å². The van der Waals surface area contributed by atoms with Gasteiger partial charge in [0, 0.05) is 12.7 Å². The molecule has 1 heterocycles. The number of nitrogens with one attached hydrogen (secondary N) is 2. The number of halogens is 1. The maximum Gasteiger partial charge on any atom is 0.338 e. The summed E-state index contributed by atoms with van der Waals surface area (Å²) in [6.45, 7) is 0.151. The lowest BCUT2D eigenvalue weighted by Crippen LogP contribution is -2.29. The molecule has 8 nitrogen and oxygen atoms in total. The number of carboxylic acids is 1. The van der Waals surface area contributed by atoms with Crippen LogP contribution in [0.25, 0.3) is 0 Å². The molecule has 1 aromatic carbocycles. The summed E-state index contributed by atoms with van der Waals surface area (Å²) in [4.78, 5) is 22.3. The number of carbonyl (C=O) groups is 2. The highest BCUT2D eigenvalue weighted by Crippen LogP contribution is 2.14. The van der Waals surface area contributed by atoms with Crippen LogP contribution in [0.15, 0.2) is 24.5 Å². The molecule has 0 radical (unpaired) electrons. The molecule has 0 aliphatic heterocycles. The number of anilines is 1. The van der Waals surface area contributed by atoms with Crippen molar-refractivity contribution in [3.05, 3.63) is 41.7 Å². The number of nitrogens with zero attached hydrogens (tertiary/aromatic N) is 3. The van der Waals surface area contributed by atoms with Crippen LogP contribution < -0.4 is 10.6 Å². The highest BCUT2D eigenvalue weighted by atomic mass is 19.1. The first kappa shape index (κ1) is 14.4. The molecule has 0 bridgehead atoms. The molecule has 0 saturated heterocycles. The number of rotatable bonds is 4. The highest BCUT2D eigenvalue weighted by molar-refractivity contribution is 5.91. The van der Waals surface area contributed by atoms with Gasteiger partial charge in [0.15, 0.2) is 5.82 Å². The normalized spacial score (nSPS) is 10.2. The van der Waals surface area contributed by atoms with Crippen LogP contribution in [-0.2, 0) is 13.6 Å². The fourth-order valence-corrected chi connectivity index (χ4v) is 1.57. The Labute approximate surface area is 118 Å². The summed E-state index contributed by atoms with van der Waals surface area (Å²) >= 11 is 0. The summed E-state index contributed by atoms with van der Waals surface area (Å²) in [5, 5.41) is 21.1. The number of aromatic carboxylic acids is 1. The molecule has 0 atom stereocenters. The summed E-state index contributed by atoms with van der Waals surface area (Å²) in [7, 11) is 1.73. The molecule has 0 aliphatic rings. The third-order valence-corrected chi connectivity index (χ3v) is 2.67. The summed E-state index contributed by atoms with van der Waals surface area (Å²) in [5.41, 5.74) is -0.312. The number of benzene rings is 1. The van der Waals surface area contributed by atoms with Gasteiger partial charge in [0.2, 0.25) is 0 Å². The first-order valence-corrected chi connectivity index (χ1v) is 5.88. The molecule has 3 N–H and O–H groups in total. The fourth-order valence-electron chi connectivity index (χ4n) is 1.57. The first-order valence-electron chi connectivity index (χ1n) is 5.88. The second kappa shape index (κ2) is 5.99. The lowest BCUT2D eigenvalue weighted by Gasteiger charge is -2.08. The second-order valence-electron chi connectivity index (χ2n) is 4.17. The van der Waals surface area contributed by atoms with Crippen LogP contribution in [0.5, 0.6) is 0 Å². The molecule has 2 amide bonds. The monoisotopic (exact) mass is 293 g/mol. The van der Waals surface area contributed by atoms with Crippen molar-refractivity contribution in [3.63, 3.8) is 0 Å². The van der Waals surface area contributed by atoms with E-state index in [4.69, 9.17) is 5.11 Å². The van der Waals surface area contributed by atoms with Gasteiger partial charge in [-0.25, -0.2) is 14.0 Å². The highest BCUT2D eigenvalue weighted by Gasteiger charge is 2.11. The average Bonchev–Trinajstić information content (AvgIpc) is 2.81. The fraction of sp³-hybridized carbons (Fsp3) is 0.167. The van der Waals surface area contributed by atoms with Crippen molar-refractivity contribution >= 4 is 17.7 Å². The van der Waals surface area contributed by atoms with Gasteiger partial charge in [0.05, 0.1) is 12.1 Å². The van der Waals surface area contributed by atoms with E-state index in [-0.39, 0.29) is 12.2 Å². The number of hydrogen-bond donors (Lipinski definition) is 3. The lowest BCUT2D eigenvalue weighted by molar-refractivity contribution is 0.0692. The zero-order valence-electron chi connectivity index (χ0n) is 11.0. The van der Waals surface area contributed by atoms with Crippen molar-refractivity contribution in [1.82, 2.24) is 20.1 Å². The third kappa shape index (κ3) is 3.53. The molecule has 1 aromatic heterocycles. The molecular formula is C12H12FN5O3. The molecule has 0 fully saturated rings. The Morgan fingerprint density at radius 3 is 2.76 bits per heavy atom. The van der Waals surface area contributed by atoms with Crippen molar-refractivity contribution in [1.29, 1.82) is 0 Å². The SMILES string of the molecule is Cn1cnnc1CNC(=O)Nc1ccc(C(=O)O)c(F)c1. The van der Waals surface area contributed by atoms with Crippen LogP contribution in [0.3, 0.4) is 0 Å². The summed E-state index contributed by atoms with van der Waals surface area (Å²) in [6, 6.07) is 2.75. The zero-order chi connectivity index (χ0) is 15.4. The quantitative estimate of drug-likeness (QED) is 0.778. The Morgan fingerprint density at radius 2 is 2.19 bits per heavy atom. The van der Waals surface area contributed by atoms with Gasteiger partial charge >= 0.3 is 12.0 Å². The molecule has 0 saturated carbocycles. The van der Waals surface area contributed by atoms with Gasteiger partial charge < -0.3 is 20.3 Å². The van der Waals surface area contributed by atoms with Crippen LogP contribution in [0.2, 0.25) is 0 Å². The van der Waals surface area contributed by atoms with Gasteiger partial charge in [-0.15, -0.1) is 10.2 Å². The van der Waals surface area contributed by atoms with Crippen molar-refractivity contribution in [2.24, 2.45) is 7.05 Å². The van der Waals surface area contributed by atoms with Crippen LogP contribution >= 0.6 is 0 Å². The molecule has 0 spiro atoms. The van der Waals surface area contributed by atoms with E-state index in [0.717, 1.165) is 12.1 Å². The smallest absolute Gasteiger partial charge is 0.338 e. The van der Waals surface area contributed by atoms with Crippen molar-refractivity contribution in [3.8, 4) is 0 Å². The predicted molar refractivity (Wildman–Crippen MR) is 70.2 cm³/mol. The lowest BCUT2D eigenvalue weighted by atomic mass is 10.2. The summed E-state index contributed by atoms with van der Waals surface area (Å²) < 4.78 is 15.1. The maximum atomic E-state index is 13.4. The minimum absolute atomic E-state index is 0.146. The third-order valence-electron chi connectivity index (χ3n) is 2.67. The van der Waals surface area contributed by atoms with Gasteiger partial charge in [0.25, 0.3) is 0 Å². The maximum absolute atomic E-state index is 13.4. The number of aromatic nitrogens is 3. The van der Waals surface area contributed by atoms with Crippen LogP contribution in [0.1, 0.15) is 16.2 Å². The second-order valence-corrected chi connectivity index (χ2v) is 4.17. The standard InChI is InChI=1S/C12H12FN5O3/c1-18-6-15-17-10(18)5-14-12(21)16-7-2-3-8(11(19)20)9(13)4-7/h2-4,6H,5H2,1H3,(H,19,20)(H2,14,16,21). The van der Waals surface area contributed by atoms with Gasteiger partial charge in [-0.3, -0.25) is 0 Å². The minimum Gasteiger partial charge on any atom is -0.478 e. The Bertz CT molecular complexity index is 685. The van der Waals surface area contributed by atoms with E-state index in [1.165, 1.54) is 12.4 Å². The number of amides is 2. The number of aryl methyl sites for hydroxylation is 1. The first-order chi connectivity index (χ1) is 9.97. The molecule has 21 heavy (non-hydrogen) atoms.